The van der Waals surface area contributed by atoms with Crippen molar-refractivity contribution in [3.8, 4) is 11.1 Å². The fraction of sp³-hybridized carbons (Fsp3) is 0. The first-order chi connectivity index (χ1) is 23.3. The van der Waals surface area contributed by atoms with Gasteiger partial charge in [0.25, 0.3) is 0 Å². The van der Waals surface area contributed by atoms with Crippen LogP contribution in [0.5, 0.6) is 0 Å². The van der Waals surface area contributed by atoms with Crippen LogP contribution in [0.25, 0.3) is 76.5 Å². The highest BCUT2D eigenvalue weighted by Gasteiger charge is 2.21. The fourth-order valence-electron chi connectivity index (χ4n) is 7.28. The molecule has 0 spiro atoms. The second-order valence-corrected chi connectivity index (χ2v) is 12.1. The van der Waals surface area contributed by atoms with Crippen LogP contribution in [-0.2, 0) is 0 Å². The molecule has 0 unspecified atom stereocenters. The van der Waals surface area contributed by atoms with Crippen molar-refractivity contribution < 1.29 is 8.83 Å². The van der Waals surface area contributed by atoms with Crippen LogP contribution in [0.3, 0.4) is 0 Å². The van der Waals surface area contributed by atoms with Crippen LogP contribution in [0.1, 0.15) is 0 Å². The monoisotopic (exact) mass is 601 g/mol. The van der Waals surface area contributed by atoms with E-state index in [1.165, 1.54) is 27.1 Å². The number of rotatable bonds is 4. The van der Waals surface area contributed by atoms with Crippen molar-refractivity contribution in [1.82, 2.24) is 0 Å². The van der Waals surface area contributed by atoms with E-state index >= 15 is 0 Å². The molecule has 3 heteroatoms. The second-order valence-electron chi connectivity index (χ2n) is 12.1. The molecular weight excluding hydrogens is 574 g/mol. The van der Waals surface area contributed by atoms with Gasteiger partial charge in [0.05, 0.1) is 5.69 Å². The van der Waals surface area contributed by atoms with Crippen molar-refractivity contribution in [2.24, 2.45) is 0 Å². The van der Waals surface area contributed by atoms with Gasteiger partial charge in [-0.3, -0.25) is 0 Å². The summed E-state index contributed by atoms with van der Waals surface area (Å²) in [6, 6.07) is 57.8. The number of furan rings is 2. The van der Waals surface area contributed by atoms with Gasteiger partial charge in [-0.1, -0.05) is 109 Å². The average Bonchev–Trinajstić information content (AvgIpc) is 3.71. The van der Waals surface area contributed by atoms with Crippen molar-refractivity contribution in [2.45, 2.75) is 0 Å². The third-order valence-corrected chi connectivity index (χ3v) is 9.43. The summed E-state index contributed by atoms with van der Waals surface area (Å²) in [6.07, 6.45) is 0. The Morgan fingerprint density at radius 3 is 2.00 bits per heavy atom. The van der Waals surface area contributed by atoms with Gasteiger partial charge in [0.1, 0.15) is 16.7 Å². The molecule has 0 fully saturated rings. The lowest BCUT2D eigenvalue weighted by molar-refractivity contribution is 0.669. The molecule has 47 heavy (non-hydrogen) atoms. The van der Waals surface area contributed by atoms with Crippen LogP contribution in [-0.4, -0.2) is 0 Å². The van der Waals surface area contributed by atoms with Crippen molar-refractivity contribution in [3.05, 3.63) is 164 Å². The highest BCUT2D eigenvalue weighted by molar-refractivity contribution is 6.16. The molecule has 8 aromatic carbocycles. The number of hydrogen-bond donors (Lipinski definition) is 0. The standard InChI is InChI=1S/C44H27NO2/c1-2-11-31(12-3-1)45(39-17-8-16-36-35-14-6-7-18-40(35)47-44(36)39)32-24-25-41-38(27-32)43-34(15-9-19-42(43)46-41)30-23-22-29-21-20-28-10-4-5-13-33(28)37(29)26-30/h1-27H. The number of fused-ring (bicyclic) bond motifs is 9. The smallest absolute Gasteiger partial charge is 0.159 e. The highest BCUT2D eigenvalue weighted by Crippen LogP contribution is 2.45. The zero-order valence-corrected chi connectivity index (χ0v) is 25.4. The Kier molecular flexibility index (Phi) is 5.57. The summed E-state index contributed by atoms with van der Waals surface area (Å²) in [4.78, 5) is 2.29. The molecule has 0 aliphatic carbocycles. The van der Waals surface area contributed by atoms with Crippen LogP contribution in [0.2, 0.25) is 0 Å². The largest absolute Gasteiger partial charge is 0.456 e. The third-order valence-electron chi connectivity index (χ3n) is 9.43. The van der Waals surface area contributed by atoms with Crippen LogP contribution < -0.4 is 4.90 Å². The van der Waals surface area contributed by atoms with Gasteiger partial charge in [0.2, 0.25) is 0 Å². The van der Waals surface area contributed by atoms with Crippen molar-refractivity contribution in [3.63, 3.8) is 0 Å². The van der Waals surface area contributed by atoms with Gasteiger partial charge in [-0.05, 0) is 87.3 Å². The van der Waals surface area contributed by atoms with Gasteiger partial charge in [-0.25, -0.2) is 0 Å². The summed E-state index contributed by atoms with van der Waals surface area (Å²) in [7, 11) is 0. The van der Waals surface area contributed by atoms with E-state index in [0.717, 1.165) is 66.5 Å². The van der Waals surface area contributed by atoms with Crippen LogP contribution in [0.4, 0.5) is 17.1 Å². The molecule has 0 radical (unpaired) electrons. The number of para-hydroxylation sites is 3. The van der Waals surface area contributed by atoms with Crippen molar-refractivity contribution in [2.75, 3.05) is 4.90 Å². The topological polar surface area (TPSA) is 29.5 Å². The molecule has 0 atom stereocenters. The van der Waals surface area contributed by atoms with Gasteiger partial charge >= 0.3 is 0 Å². The molecule has 0 saturated heterocycles. The minimum atomic E-state index is 0.859. The molecule has 0 N–H and O–H groups in total. The zero-order chi connectivity index (χ0) is 30.9. The van der Waals surface area contributed by atoms with E-state index in [4.69, 9.17) is 8.83 Å². The molecule has 0 bridgehead atoms. The first-order valence-corrected chi connectivity index (χ1v) is 15.9. The fourth-order valence-corrected chi connectivity index (χ4v) is 7.28. The molecule has 2 heterocycles. The predicted molar refractivity (Wildman–Crippen MR) is 196 cm³/mol. The Morgan fingerprint density at radius 2 is 1.09 bits per heavy atom. The molecule has 10 aromatic rings. The summed E-state index contributed by atoms with van der Waals surface area (Å²) < 4.78 is 13.0. The number of anilines is 3. The number of benzene rings is 8. The SMILES string of the molecule is c1ccc(N(c2ccc3oc4cccc(-c5ccc6ccc7ccccc7c6c5)c4c3c2)c2cccc3c2oc2ccccc23)cc1. The molecule has 220 valence electrons. The molecule has 0 amide bonds. The van der Waals surface area contributed by atoms with E-state index in [1.807, 2.05) is 12.1 Å². The summed E-state index contributed by atoms with van der Waals surface area (Å²) >= 11 is 0. The van der Waals surface area contributed by atoms with Crippen molar-refractivity contribution >= 4 is 82.5 Å². The normalized spacial score (nSPS) is 11.8. The van der Waals surface area contributed by atoms with Crippen molar-refractivity contribution in [1.29, 1.82) is 0 Å². The molecule has 0 aliphatic rings. The first kappa shape index (κ1) is 26.0. The molecule has 10 rings (SSSR count). The van der Waals surface area contributed by atoms with E-state index in [-0.39, 0.29) is 0 Å². The third kappa shape index (κ3) is 4.00. The Bertz CT molecular complexity index is 2810. The minimum Gasteiger partial charge on any atom is -0.456 e. The van der Waals surface area contributed by atoms with E-state index < -0.39 is 0 Å². The quantitative estimate of drug-likeness (QED) is 0.188. The predicted octanol–water partition coefficient (Wildman–Crippen LogP) is 12.9. The van der Waals surface area contributed by atoms with Gasteiger partial charge < -0.3 is 13.7 Å². The highest BCUT2D eigenvalue weighted by atomic mass is 16.3. The van der Waals surface area contributed by atoms with E-state index in [2.05, 4.69) is 157 Å². The van der Waals surface area contributed by atoms with E-state index in [1.54, 1.807) is 0 Å². The maximum Gasteiger partial charge on any atom is 0.159 e. The Labute approximate surface area is 270 Å². The summed E-state index contributed by atoms with van der Waals surface area (Å²) in [5.74, 6) is 0. The summed E-state index contributed by atoms with van der Waals surface area (Å²) in [5.41, 5.74) is 8.85. The Balaban J connectivity index is 1.21. The Hall–Kier alpha value is -6.32. The van der Waals surface area contributed by atoms with Gasteiger partial charge in [0.15, 0.2) is 5.58 Å². The minimum absolute atomic E-state index is 0.859. The summed E-state index contributed by atoms with van der Waals surface area (Å²) in [5, 5.41) is 9.38. The van der Waals surface area contributed by atoms with Crippen LogP contribution in [0, 0.1) is 0 Å². The number of hydrogen-bond acceptors (Lipinski definition) is 3. The lowest BCUT2D eigenvalue weighted by atomic mass is 9.95. The molecule has 2 aromatic heterocycles. The van der Waals surface area contributed by atoms with E-state index in [0.29, 0.717) is 0 Å². The second kappa shape index (κ2) is 10.1. The maximum absolute atomic E-state index is 6.53. The number of nitrogens with zero attached hydrogens (tertiary/aromatic N) is 1. The average molecular weight is 602 g/mol. The van der Waals surface area contributed by atoms with E-state index in [9.17, 15) is 0 Å². The summed E-state index contributed by atoms with van der Waals surface area (Å²) in [6.45, 7) is 0. The van der Waals surface area contributed by atoms with Crippen LogP contribution >= 0.6 is 0 Å². The molecular formula is C44H27NO2. The maximum atomic E-state index is 6.53. The van der Waals surface area contributed by atoms with Crippen LogP contribution in [0.15, 0.2) is 173 Å². The zero-order valence-electron chi connectivity index (χ0n) is 25.4. The van der Waals surface area contributed by atoms with Gasteiger partial charge in [-0.15, -0.1) is 0 Å². The van der Waals surface area contributed by atoms with Gasteiger partial charge in [0, 0.05) is 32.9 Å². The lowest BCUT2D eigenvalue weighted by Gasteiger charge is -2.25. The lowest BCUT2D eigenvalue weighted by Crippen LogP contribution is -2.10. The molecule has 3 nitrogen and oxygen atoms in total. The first-order valence-electron chi connectivity index (χ1n) is 15.9. The molecule has 0 aliphatic heterocycles. The van der Waals surface area contributed by atoms with Gasteiger partial charge in [-0.2, -0.15) is 0 Å². The molecule has 0 saturated carbocycles. The Morgan fingerprint density at radius 1 is 0.383 bits per heavy atom.